The highest BCUT2D eigenvalue weighted by atomic mass is 35.5. The molecule has 0 bridgehead atoms. The Labute approximate surface area is 186 Å². The number of sulfonamides is 1. The number of primary sulfonamides is 1. The number of nitro groups is 1. The number of amides is 1. The van der Waals surface area contributed by atoms with E-state index in [4.69, 9.17) is 21.2 Å². The third-order valence-electron chi connectivity index (χ3n) is 4.15. The normalized spacial score (nSPS) is 11.6. The van der Waals surface area contributed by atoms with E-state index in [1.54, 1.807) is 12.1 Å². The van der Waals surface area contributed by atoms with Gasteiger partial charge in [-0.25, -0.2) is 13.6 Å². The summed E-state index contributed by atoms with van der Waals surface area (Å²) in [6.07, 6.45) is 1.17. The van der Waals surface area contributed by atoms with Gasteiger partial charge in [-0.05, 0) is 48.5 Å². The van der Waals surface area contributed by atoms with Crippen LogP contribution in [0.4, 0.5) is 11.4 Å². The summed E-state index contributed by atoms with van der Waals surface area (Å²) in [6, 6.07) is 14.1. The van der Waals surface area contributed by atoms with Crippen LogP contribution in [-0.2, 0) is 14.8 Å². The molecule has 1 amide bonds. The number of rotatable bonds is 6. The fraction of sp³-hybridized carbons (Fsp3) is 0. The van der Waals surface area contributed by atoms with Gasteiger partial charge in [0.1, 0.15) is 28.9 Å². The number of anilines is 1. The zero-order valence-electron chi connectivity index (χ0n) is 16.0. The largest absolute Gasteiger partial charge is 0.457 e. The third-order valence-corrected chi connectivity index (χ3v) is 5.31. The first kappa shape index (κ1) is 22.7. The van der Waals surface area contributed by atoms with Crippen molar-refractivity contribution in [2.45, 2.75) is 4.90 Å². The van der Waals surface area contributed by atoms with Crippen LogP contribution in [0.25, 0.3) is 17.4 Å². The molecule has 12 heteroatoms. The molecule has 2 aromatic carbocycles. The van der Waals surface area contributed by atoms with Gasteiger partial charge >= 0.3 is 0 Å². The minimum absolute atomic E-state index is 0.0624. The predicted octanol–water partition coefficient (Wildman–Crippen LogP) is 3.70. The highest BCUT2D eigenvalue weighted by Crippen LogP contribution is 2.29. The molecule has 0 spiro atoms. The number of halogens is 1. The van der Waals surface area contributed by atoms with Crippen molar-refractivity contribution in [3.05, 3.63) is 81.1 Å². The first-order valence-corrected chi connectivity index (χ1v) is 10.6. The molecule has 3 N–H and O–H groups in total. The maximum absolute atomic E-state index is 12.4. The molecule has 10 nitrogen and oxygen atoms in total. The van der Waals surface area contributed by atoms with Crippen molar-refractivity contribution in [2.75, 3.05) is 5.32 Å². The first-order chi connectivity index (χ1) is 15.1. The fourth-order valence-corrected chi connectivity index (χ4v) is 3.32. The molecule has 0 saturated carbocycles. The molecule has 0 aliphatic rings. The number of benzene rings is 2. The number of nitrogens with zero attached hydrogens (tertiary/aromatic N) is 2. The number of carbonyl (C=O) groups is 1. The summed E-state index contributed by atoms with van der Waals surface area (Å²) >= 11 is 5.75. The Hall–Kier alpha value is -3.98. The van der Waals surface area contributed by atoms with Crippen LogP contribution in [0.5, 0.6) is 0 Å². The second kappa shape index (κ2) is 9.03. The standard InChI is InChI=1S/C20H13ClN4O6S/c21-14-3-7-17(18(10-14)25(27)28)24-20(26)13(11-22)9-15-4-8-19(31-15)12-1-5-16(6-2-12)32(23,29)30/h1-10H,(H,24,26)(H2,23,29,30)/b13-9+. The Kier molecular flexibility index (Phi) is 6.40. The molecule has 3 rings (SSSR count). The summed E-state index contributed by atoms with van der Waals surface area (Å²) in [4.78, 5) is 22.8. The molecule has 0 aliphatic heterocycles. The summed E-state index contributed by atoms with van der Waals surface area (Å²) in [6.45, 7) is 0. The van der Waals surface area contributed by atoms with E-state index in [1.165, 1.54) is 48.5 Å². The molecule has 0 atom stereocenters. The number of hydrogen-bond acceptors (Lipinski definition) is 7. The molecular formula is C20H13ClN4O6S. The van der Waals surface area contributed by atoms with Gasteiger partial charge in [-0.2, -0.15) is 5.26 Å². The van der Waals surface area contributed by atoms with E-state index >= 15 is 0 Å². The van der Waals surface area contributed by atoms with Crippen molar-refractivity contribution in [3.8, 4) is 17.4 Å². The van der Waals surface area contributed by atoms with Crippen LogP contribution in [0.2, 0.25) is 5.02 Å². The van der Waals surface area contributed by atoms with Gasteiger partial charge in [0.25, 0.3) is 11.6 Å². The molecule has 1 heterocycles. The Morgan fingerprint density at radius 2 is 1.88 bits per heavy atom. The fourth-order valence-electron chi connectivity index (χ4n) is 2.64. The summed E-state index contributed by atoms with van der Waals surface area (Å²) in [7, 11) is -3.83. The van der Waals surface area contributed by atoms with E-state index < -0.39 is 26.5 Å². The van der Waals surface area contributed by atoms with Crippen LogP contribution in [0.15, 0.2) is 69.5 Å². The predicted molar refractivity (Wildman–Crippen MR) is 116 cm³/mol. The lowest BCUT2D eigenvalue weighted by molar-refractivity contribution is -0.383. The van der Waals surface area contributed by atoms with Gasteiger partial charge in [0.15, 0.2) is 0 Å². The molecule has 162 valence electrons. The molecule has 0 fully saturated rings. The van der Waals surface area contributed by atoms with Crippen LogP contribution < -0.4 is 10.5 Å². The summed E-state index contributed by atoms with van der Waals surface area (Å²) < 4.78 is 28.3. The minimum atomic E-state index is -3.83. The molecule has 0 aliphatic carbocycles. The Bertz CT molecular complexity index is 1390. The molecule has 32 heavy (non-hydrogen) atoms. The first-order valence-electron chi connectivity index (χ1n) is 8.68. The molecule has 0 saturated heterocycles. The Balaban J connectivity index is 1.83. The van der Waals surface area contributed by atoms with Crippen molar-refractivity contribution < 1.29 is 22.6 Å². The van der Waals surface area contributed by atoms with E-state index in [0.29, 0.717) is 11.3 Å². The Morgan fingerprint density at radius 3 is 2.47 bits per heavy atom. The van der Waals surface area contributed by atoms with Gasteiger partial charge in [-0.1, -0.05) is 11.6 Å². The maximum Gasteiger partial charge on any atom is 0.294 e. The Morgan fingerprint density at radius 1 is 1.19 bits per heavy atom. The van der Waals surface area contributed by atoms with Gasteiger partial charge in [0, 0.05) is 22.7 Å². The number of nitrogens with one attached hydrogen (secondary N) is 1. The van der Waals surface area contributed by atoms with Gasteiger partial charge in [-0.15, -0.1) is 0 Å². The van der Waals surface area contributed by atoms with Crippen molar-refractivity contribution in [3.63, 3.8) is 0 Å². The lowest BCUT2D eigenvalue weighted by atomic mass is 10.2. The topological polar surface area (TPSA) is 169 Å². The van der Waals surface area contributed by atoms with Gasteiger partial charge in [0.05, 0.1) is 9.82 Å². The van der Waals surface area contributed by atoms with Crippen molar-refractivity contribution in [2.24, 2.45) is 5.14 Å². The average molecular weight is 473 g/mol. The molecule has 0 radical (unpaired) electrons. The highest BCUT2D eigenvalue weighted by molar-refractivity contribution is 7.89. The second-order valence-electron chi connectivity index (χ2n) is 6.31. The number of nitro benzene ring substituents is 1. The average Bonchev–Trinajstić information content (AvgIpc) is 3.21. The van der Waals surface area contributed by atoms with Crippen LogP contribution in [0.1, 0.15) is 5.76 Å². The van der Waals surface area contributed by atoms with Crippen LogP contribution >= 0.6 is 11.6 Å². The zero-order valence-corrected chi connectivity index (χ0v) is 17.6. The van der Waals surface area contributed by atoms with Gasteiger partial charge in [0.2, 0.25) is 10.0 Å². The molecular weight excluding hydrogens is 460 g/mol. The van der Waals surface area contributed by atoms with Crippen LogP contribution in [0, 0.1) is 21.4 Å². The molecule has 1 aromatic heterocycles. The van der Waals surface area contributed by atoms with E-state index in [-0.39, 0.29) is 26.9 Å². The lowest BCUT2D eigenvalue weighted by Crippen LogP contribution is -2.14. The quantitative estimate of drug-likeness (QED) is 0.238. The van der Waals surface area contributed by atoms with E-state index in [2.05, 4.69) is 5.32 Å². The van der Waals surface area contributed by atoms with E-state index in [1.807, 2.05) is 0 Å². The minimum Gasteiger partial charge on any atom is -0.457 e. The number of hydrogen-bond donors (Lipinski definition) is 2. The maximum atomic E-state index is 12.4. The second-order valence-corrected chi connectivity index (χ2v) is 8.31. The summed E-state index contributed by atoms with van der Waals surface area (Å²) in [5, 5.41) is 28.0. The zero-order chi connectivity index (χ0) is 23.5. The lowest BCUT2D eigenvalue weighted by Gasteiger charge is -2.05. The van der Waals surface area contributed by atoms with Crippen molar-refractivity contribution in [1.29, 1.82) is 5.26 Å². The molecule has 3 aromatic rings. The molecule has 0 unspecified atom stereocenters. The van der Waals surface area contributed by atoms with Crippen LogP contribution in [-0.4, -0.2) is 19.2 Å². The highest BCUT2D eigenvalue weighted by Gasteiger charge is 2.19. The van der Waals surface area contributed by atoms with Crippen molar-refractivity contribution >= 4 is 45.0 Å². The third kappa shape index (κ3) is 5.19. The number of carbonyl (C=O) groups excluding carboxylic acids is 1. The van der Waals surface area contributed by atoms with Gasteiger partial charge in [-0.3, -0.25) is 14.9 Å². The summed E-state index contributed by atoms with van der Waals surface area (Å²) in [5.74, 6) is -0.371. The van der Waals surface area contributed by atoms with Crippen molar-refractivity contribution in [1.82, 2.24) is 0 Å². The van der Waals surface area contributed by atoms with E-state index in [0.717, 1.165) is 6.07 Å². The number of nitrogens with two attached hydrogens (primary N) is 1. The smallest absolute Gasteiger partial charge is 0.294 e. The monoisotopic (exact) mass is 472 g/mol. The SMILES string of the molecule is N#C/C(=C\c1ccc(-c2ccc(S(N)(=O)=O)cc2)o1)C(=O)Nc1ccc(Cl)cc1[N+](=O)[O-]. The van der Waals surface area contributed by atoms with Crippen LogP contribution in [0.3, 0.4) is 0 Å². The summed E-state index contributed by atoms with van der Waals surface area (Å²) in [5.41, 5.74) is -0.372. The number of furan rings is 1. The van der Waals surface area contributed by atoms with E-state index in [9.17, 15) is 28.6 Å². The van der Waals surface area contributed by atoms with Gasteiger partial charge < -0.3 is 9.73 Å². The number of nitriles is 1.